The molecule has 0 aliphatic carbocycles. The van der Waals surface area contributed by atoms with Gasteiger partial charge in [-0.2, -0.15) is 0 Å². The molecule has 0 amide bonds. The summed E-state index contributed by atoms with van der Waals surface area (Å²) in [5.41, 5.74) is 0. The highest BCUT2D eigenvalue weighted by Gasteiger charge is 2.19. The number of hydrogen-bond donors (Lipinski definition) is 0. The molecule has 75 heavy (non-hydrogen) atoms. The third kappa shape index (κ3) is 62.4. The van der Waals surface area contributed by atoms with Crippen LogP contribution in [0.1, 0.15) is 367 Å². The predicted molar refractivity (Wildman–Crippen MR) is 326 cm³/mol. The molecule has 0 aromatic carbocycles. The monoisotopic (exact) mass is 1050 g/mol. The average Bonchev–Trinajstić information content (AvgIpc) is 3.41. The van der Waals surface area contributed by atoms with Crippen molar-refractivity contribution in [3.63, 3.8) is 0 Å². The summed E-state index contributed by atoms with van der Waals surface area (Å²) in [5.74, 6) is -0.853. The fourth-order valence-electron chi connectivity index (χ4n) is 10.1. The van der Waals surface area contributed by atoms with E-state index in [4.69, 9.17) is 14.2 Å². The van der Waals surface area contributed by atoms with E-state index in [0.29, 0.717) is 19.3 Å². The minimum absolute atomic E-state index is 0.0683. The van der Waals surface area contributed by atoms with Crippen molar-refractivity contribution in [2.45, 2.75) is 374 Å². The number of hydrogen-bond acceptors (Lipinski definition) is 6. The molecule has 0 rings (SSSR count). The van der Waals surface area contributed by atoms with Gasteiger partial charge in [0.2, 0.25) is 0 Å². The van der Waals surface area contributed by atoms with Gasteiger partial charge in [0.25, 0.3) is 0 Å². The van der Waals surface area contributed by atoms with Crippen molar-refractivity contribution >= 4 is 17.9 Å². The van der Waals surface area contributed by atoms with Gasteiger partial charge in [0.15, 0.2) is 6.10 Å². The number of allylic oxidation sites excluding steroid dienone is 6. The molecule has 0 aliphatic rings. The Morgan fingerprint density at radius 3 is 0.747 bits per heavy atom. The summed E-state index contributed by atoms with van der Waals surface area (Å²) in [6, 6.07) is 0. The van der Waals surface area contributed by atoms with Gasteiger partial charge in [-0.25, -0.2) is 0 Å². The van der Waals surface area contributed by atoms with E-state index in [1.807, 2.05) is 0 Å². The first-order valence-electron chi connectivity index (χ1n) is 33.5. The number of carbonyl (C=O) groups is 3. The van der Waals surface area contributed by atoms with Gasteiger partial charge in [0.1, 0.15) is 13.2 Å². The first kappa shape index (κ1) is 72.6. The van der Waals surface area contributed by atoms with Crippen LogP contribution in [-0.2, 0) is 28.6 Å². The van der Waals surface area contributed by atoms with E-state index < -0.39 is 6.10 Å². The second-order valence-corrected chi connectivity index (χ2v) is 22.7. The summed E-state index contributed by atoms with van der Waals surface area (Å²) in [5, 5.41) is 0. The van der Waals surface area contributed by atoms with Crippen LogP contribution in [0.25, 0.3) is 0 Å². The Balaban J connectivity index is 4.07. The maximum Gasteiger partial charge on any atom is 0.306 e. The number of carbonyl (C=O) groups excluding carboxylic acids is 3. The zero-order chi connectivity index (χ0) is 54.3. The standard InChI is InChI=1S/C69H128O6/c1-4-7-10-13-16-18-20-22-24-26-28-30-32-34-36-38-40-42-44-46-48-50-53-56-59-62-68(71)74-65-66(64-73-67(70)61-58-55-52-15-12-9-6-3)75-69(72)63-60-57-54-51-49-47-45-43-41-39-37-35-33-31-29-27-25-23-21-19-17-14-11-8-5-2/h20,22,26-29,66H,4-19,21,23-25,30-65H2,1-3H3/b22-20-,28-26-,29-27-. The van der Waals surface area contributed by atoms with Crippen LogP contribution in [-0.4, -0.2) is 37.2 Å². The third-order valence-corrected chi connectivity index (χ3v) is 15.1. The number of rotatable bonds is 62. The SMILES string of the molecule is CCCCCCC/C=C\C/C=C\CCCCCCCCCCCCCCCC(=O)OCC(COC(=O)CCCCCCCCC)OC(=O)CCCCCCCCCCCCCCC/C=C\CCCCCCCCCC. The van der Waals surface area contributed by atoms with Crippen LogP contribution in [0.2, 0.25) is 0 Å². The average molecular weight is 1050 g/mol. The molecule has 0 heterocycles. The van der Waals surface area contributed by atoms with E-state index in [2.05, 4.69) is 57.2 Å². The van der Waals surface area contributed by atoms with Crippen molar-refractivity contribution in [2.24, 2.45) is 0 Å². The van der Waals surface area contributed by atoms with E-state index in [-0.39, 0.29) is 31.1 Å². The molecular formula is C69H128O6. The molecule has 0 saturated heterocycles. The molecule has 440 valence electrons. The van der Waals surface area contributed by atoms with E-state index in [1.165, 1.54) is 263 Å². The highest BCUT2D eigenvalue weighted by atomic mass is 16.6. The Hall–Kier alpha value is -2.37. The van der Waals surface area contributed by atoms with Crippen molar-refractivity contribution in [1.29, 1.82) is 0 Å². The Kier molecular flexibility index (Phi) is 62.1. The van der Waals surface area contributed by atoms with Crippen LogP contribution in [0.3, 0.4) is 0 Å². The fraction of sp³-hybridized carbons (Fsp3) is 0.870. The smallest absolute Gasteiger partial charge is 0.306 e. The minimum Gasteiger partial charge on any atom is -0.462 e. The Bertz CT molecular complexity index is 1250. The Morgan fingerprint density at radius 2 is 0.480 bits per heavy atom. The maximum atomic E-state index is 12.9. The van der Waals surface area contributed by atoms with Crippen LogP contribution >= 0.6 is 0 Å². The lowest BCUT2D eigenvalue weighted by molar-refractivity contribution is -0.167. The first-order chi connectivity index (χ1) is 37.0. The Labute approximate surface area is 467 Å². The highest BCUT2D eigenvalue weighted by molar-refractivity contribution is 5.71. The summed E-state index contributed by atoms with van der Waals surface area (Å²) in [6.07, 6.45) is 79.1. The molecule has 6 heteroatoms. The van der Waals surface area contributed by atoms with Crippen molar-refractivity contribution in [1.82, 2.24) is 0 Å². The first-order valence-corrected chi connectivity index (χ1v) is 33.5. The number of esters is 3. The molecule has 0 saturated carbocycles. The fourth-order valence-corrected chi connectivity index (χ4v) is 10.1. The second-order valence-electron chi connectivity index (χ2n) is 22.7. The summed E-state index contributed by atoms with van der Waals surface area (Å²) in [6.45, 7) is 6.64. The van der Waals surface area contributed by atoms with Gasteiger partial charge in [-0.15, -0.1) is 0 Å². The van der Waals surface area contributed by atoms with E-state index in [1.54, 1.807) is 0 Å². The maximum absolute atomic E-state index is 12.9. The second kappa shape index (κ2) is 64.2. The van der Waals surface area contributed by atoms with E-state index in [0.717, 1.165) is 64.2 Å². The zero-order valence-corrected chi connectivity index (χ0v) is 50.6. The van der Waals surface area contributed by atoms with Gasteiger partial charge in [-0.1, -0.05) is 308 Å². The predicted octanol–water partition coefficient (Wildman–Crippen LogP) is 22.8. The molecule has 0 aromatic heterocycles. The summed E-state index contributed by atoms with van der Waals surface area (Å²) in [7, 11) is 0. The molecule has 1 unspecified atom stereocenters. The summed E-state index contributed by atoms with van der Waals surface area (Å²) < 4.78 is 16.9. The lowest BCUT2D eigenvalue weighted by Gasteiger charge is -2.18. The quantitative estimate of drug-likeness (QED) is 0.0261. The molecular weight excluding hydrogens is 925 g/mol. The van der Waals surface area contributed by atoms with E-state index >= 15 is 0 Å². The van der Waals surface area contributed by atoms with Gasteiger partial charge in [0, 0.05) is 19.3 Å². The molecule has 0 fully saturated rings. The van der Waals surface area contributed by atoms with Crippen molar-refractivity contribution in [3.8, 4) is 0 Å². The van der Waals surface area contributed by atoms with Crippen LogP contribution in [0.15, 0.2) is 36.5 Å². The molecule has 0 spiro atoms. The Morgan fingerprint density at radius 1 is 0.267 bits per heavy atom. The van der Waals surface area contributed by atoms with Crippen LogP contribution in [0.5, 0.6) is 0 Å². The third-order valence-electron chi connectivity index (χ3n) is 15.1. The molecule has 0 radical (unpaired) electrons. The lowest BCUT2D eigenvalue weighted by atomic mass is 10.0. The molecule has 1 atom stereocenters. The number of ether oxygens (including phenoxy) is 3. The van der Waals surface area contributed by atoms with Crippen LogP contribution in [0, 0.1) is 0 Å². The van der Waals surface area contributed by atoms with Gasteiger partial charge < -0.3 is 14.2 Å². The topological polar surface area (TPSA) is 78.9 Å². The largest absolute Gasteiger partial charge is 0.462 e. The normalized spacial score (nSPS) is 12.2. The molecule has 0 aliphatic heterocycles. The van der Waals surface area contributed by atoms with Crippen molar-refractivity contribution in [3.05, 3.63) is 36.5 Å². The van der Waals surface area contributed by atoms with E-state index in [9.17, 15) is 14.4 Å². The lowest BCUT2D eigenvalue weighted by Crippen LogP contribution is -2.30. The van der Waals surface area contributed by atoms with Gasteiger partial charge in [-0.05, 0) is 77.0 Å². The summed E-state index contributed by atoms with van der Waals surface area (Å²) >= 11 is 0. The molecule has 0 N–H and O–H groups in total. The molecule has 0 aromatic rings. The minimum atomic E-state index is -0.768. The number of unbranched alkanes of at least 4 members (excludes halogenated alkanes) is 45. The van der Waals surface area contributed by atoms with Crippen molar-refractivity contribution < 1.29 is 28.6 Å². The van der Waals surface area contributed by atoms with Crippen LogP contribution < -0.4 is 0 Å². The summed E-state index contributed by atoms with van der Waals surface area (Å²) in [4.78, 5) is 38.1. The molecule has 6 nitrogen and oxygen atoms in total. The zero-order valence-electron chi connectivity index (χ0n) is 50.6. The van der Waals surface area contributed by atoms with Crippen LogP contribution in [0.4, 0.5) is 0 Å². The highest BCUT2D eigenvalue weighted by Crippen LogP contribution is 2.18. The van der Waals surface area contributed by atoms with Gasteiger partial charge in [0.05, 0.1) is 0 Å². The van der Waals surface area contributed by atoms with Gasteiger partial charge in [-0.3, -0.25) is 14.4 Å². The van der Waals surface area contributed by atoms with Gasteiger partial charge >= 0.3 is 17.9 Å². The van der Waals surface area contributed by atoms with Crippen molar-refractivity contribution in [2.75, 3.05) is 13.2 Å². The molecule has 0 bridgehead atoms.